The van der Waals surface area contributed by atoms with Gasteiger partial charge in [-0.2, -0.15) is 4.31 Å². The lowest BCUT2D eigenvalue weighted by molar-refractivity contribution is -0.115. The van der Waals surface area contributed by atoms with Crippen LogP contribution in [0.1, 0.15) is 48.5 Å². The molecule has 3 N–H and O–H groups in total. The number of amides is 2. The molecule has 0 aromatic heterocycles. The lowest BCUT2D eigenvalue weighted by Crippen LogP contribution is -2.52. The first-order chi connectivity index (χ1) is 14.3. The Hall–Kier alpha value is -1.97. The average molecular weight is 435 g/mol. The molecule has 1 aromatic carbocycles. The molecule has 0 saturated carbocycles. The second kappa shape index (κ2) is 8.64. The first-order valence-corrected chi connectivity index (χ1v) is 12.4. The van der Waals surface area contributed by atoms with Gasteiger partial charge in [0.1, 0.15) is 0 Å². The van der Waals surface area contributed by atoms with E-state index in [1.54, 1.807) is 22.5 Å². The van der Waals surface area contributed by atoms with Crippen LogP contribution in [-0.2, 0) is 21.2 Å². The Kier molecular flexibility index (Phi) is 6.13. The largest absolute Gasteiger partial charge is 0.349 e. The molecule has 4 rings (SSSR count). The van der Waals surface area contributed by atoms with Gasteiger partial charge in [0.25, 0.3) is 5.91 Å². The SMILES string of the molecule is C[C@H]1C[C@@H](NC(=O)c2ccc3c(c2)CC(=O)N3)CCN1S(=O)(=O)CC1CCNCC1. The van der Waals surface area contributed by atoms with E-state index in [-0.39, 0.29) is 35.6 Å². The summed E-state index contributed by atoms with van der Waals surface area (Å²) in [6, 6.07) is 5.02. The molecule has 0 bridgehead atoms. The lowest BCUT2D eigenvalue weighted by atomic mass is 10.00. The quantitative estimate of drug-likeness (QED) is 0.643. The number of sulfonamides is 1. The van der Waals surface area contributed by atoms with Crippen LogP contribution >= 0.6 is 0 Å². The van der Waals surface area contributed by atoms with Crippen LogP contribution in [0.3, 0.4) is 0 Å². The fourth-order valence-electron chi connectivity index (χ4n) is 4.78. The number of fused-ring (bicyclic) bond motifs is 1. The average Bonchev–Trinajstić information content (AvgIpc) is 3.07. The summed E-state index contributed by atoms with van der Waals surface area (Å²) in [4.78, 5) is 24.2. The van der Waals surface area contributed by atoms with Crippen LogP contribution < -0.4 is 16.0 Å². The summed E-state index contributed by atoms with van der Waals surface area (Å²) in [6.45, 7) is 4.13. The van der Waals surface area contributed by atoms with Crippen molar-refractivity contribution >= 4 is 27.5 Å². The van der Waals surface area contributed by atoms with Gasteiger partial charge in [0.2, 0.25) is 15.9 Å². The number of benzene rings is 1. The minimum absolute atomic E-state index is 0.0607. The molecule has 2 fully saturated rings. The zero-order valence-electron chi connectivity index (χ0n) is 17.3. The third-order valence-electron chi connectivity index (χ3n) is 6.41. The number of nitrogens with zero attached hydrogens (tertiary/aromatic N) is 1. The van der Waals surface area contributed by atoms with Gasteiger partial charge in [-0.05, 0) is 75.4 Å². The molecule has 164 valence electrons. The maximum Gasteiger partial charge on any atom is 0.251 e. The predicted octanol–water partition coefficient (Wildman–Crippen LogP) is 1.09. The Bertz CT molecular complexity index is 927. The van der Waals surface area contributed by atoms with E-state index in [0.717, 1.165) is 37.2 Å². The zero-order chi connectivity index (χ0) is 21.3. The second-order valence-corrected chi connectivity index (χ2v) is 10.7. The highest BCUT2D eigenvalue weighted by molar-refractivity contribution is 7.89. The molecule has 0 unspecified atom stereocenters. The summed E-state index contributed by atoms with van der Waals surface area (Å²) in [6.07, 6.45) is 3.31. The molecule has 3 aliphatic rings. The molecule has 8 nitrogen and oxygen atoms in total. The van der Waals surface area contributed by atoms with E-state index in [1.165, 1.54) is 0 Å². The Morgan fingerprint density at radius 1 is 1.23 bits per heavy atom. The minimum Gasteiger partial charge on any atom is -0.349 e. The Morgan fingerprint density at radius 2 is 2.00 bits per heavy atom. The molecule has 9 heteroatoms. The molecule has 2 atom stereocenters. The van der Waals surface area contributed by atoms with Crippen LogP contribution in [0.5, 0.6) is 0 Å². The van der Waals surface area contributed by atoms with Crippen molar-refractivity contribution in [3.8, 4) is 0 Å². The summed E-state index contributed by atoms with van der Waals surface area (Å²) >= 11 is 0. The number of hydrogen-bond donors (Lipinski definition) is 3. The second-order valence-electron chi connectivity index (χ2n) is 8.72. The molecule has 1 aromatic rings. The summed E-state index contributed by atoms with van der Waals surface area (Å²) in [7, 11) is -3.29. The molecule has 2 amide bonds. The van der Waals surface area contributed by atoms with Crippen LogP contribution in [0.25, 0.3) is 0 Å². The number of carbonyl (C=O) groups excluding carboxylic acids is 2. The van der Waals surface area contributed by atoms with Crippen LogP contribution in [0, 0.1) is 5.92 Å². The van der Waals surface area contributed by atoms with Gasteiger partial charge < -0.3 is 16.0 Å². The Morgan fingerprint density at radius 3 is 2.73 bits per heavy atom. The third-order valence-corrected chi connectivity index (χ3v) is 8.55. The fourth-order valence-corrected chi connectivity index (χ4v) is 6.91. The summed E-state index contributed by atoms with van der Waals surface area (Å²) < 4.78 is 27.5. The van der Waals surface area contributed by atoms with Crippen LogP contribution in [0.4, 0.5) is 5.69 Å². The van der Waals surface area contributed by atoms with Crippen molar-refractivity contribution in [1.82, 2.24) is 14.9 Å². The first kappa shape index (κ1) is 21.3. The Labute approximate surface area is 177 Å². The van der Waals surface area contributed by atoms with Gasteiger partial charge in [-0.3, -0.25) is 9.59 Å². The monoisotopic (exact) mass is 434 g/mol. The van der Waals surface area contributed by atoms with Crippen LogP contribution in [-0.4, -0.2) is 62.0 Å². The van der Waals surface area contributed by atoms with Gasteiger partial charge in [-0.15, -0.1) is 0 Å². The maximum atomic E-state index is 12.9. The highest BCUT2D eigenvalue weighted by atomic mass is 32.2. The summed E-state index contributed by atoms with van der Waals surface area (Å²) in [5.41, 5.74) is 2.12. The number of piperidine rings is 2. The van der Waals surface area contributed by atoms with E-state index in [1.807, 2.05) is 6.92 Å². The summed E-state index contributed by atoms with van der Waals surface area (Å²) in [5.74, 6) is 0.203. The topological polar surface area (TPSA) is 108 Å². The van der Waals surface area contributed by atoms with Crippen molar-refractivity contribution in [1.29, 1.82) is 0 Å². The van der Waals surface area contributed by atoms with Crippen molar-refractivity contribution < 1.29 is 18.0 Å². The smallest absolute Gasteiger partial charge is 0.251 e. The van der Waals surface area contributed by atoms with E-state index in [9.17, 15) is 18.0 Å². The minimum atomic E-state index is -3.29. The molecule has 2 saturated heterocycles. The van der Waals surface area contributed by atoms with Gasteiger partial charge in [-0.25, -0.2) is 8.42 Å². The van der Waals surface area contributed by atoms with E-state index in [4.69, 9.17) is 0 Å². The molecule has 3 heterocycles. The van der Waals surface area contributed by atoms with Crippen molar-refractivity contribution in [2.45, 2.75) is 51.1 Å². The van der Waals surface area contributed by atoms with Gasteiger partial charge in [-0.1, -0.05) is 0 Å². The fraction of sp³-hybridized carbons (Fsp3) is 0.619. The number of nitrogens with one attached hydrogen (secondary N) is 3. The first-order valence-electron chi connectivity index (χ1n) is 10.8. The molecular formula is C21H30N4O4S. The number of hydrogen-bond acceptors (Lipinski definition) is 5. The van der Waals surface area contributed by atoms with Crippen LogP contribution in [0.2, 0.25) is 0 Å². The van der Waals surface area contributed by atoms with Crippen molar-refractivity contribution in [3.63, 3.8) is 0 Å². The van der Waals surface area contributed by atoms with E-state index in [0.29, 0.717) is 31.4 Å². The standard InChI is InChI=1S/C21H30N4O4S/c1-14-10-18(6-9-25(14)30(28,29)13-15-4-7-22-8-5-15)23-21(27)16-2-3-19-17(11-16)12-20(26)24-19/h2-3,11,14-15,18,22H,4-10,12-13H2,1H3,(H,23,27)(H,24,26)/t14-,18-/m0/s1. The van der Waals surface area contributed by atoms with Crippen molar-refractivity contribution in [3.05, 3.63) is 29.3 Å². The number of rotatable bonds is 5. The molecule has 3 aliphatic heterocycles. The maximum absolute atomic E-state index is 12.9. The highest BCUT2D eigenvalue weighted by Gasteiger charge is 2.35. The van der Waals surface area contributed by atoms with E-state index >= 15 is 0 Å². The van der Waals surface area contributed by atoms with Crippen molar-refractivity contribution in [2.75, 3.05) is 30.7 Å². The zero-order valence-corrected chi connectivity index (χ0v) is 18.1. The Balaban J connectivity index is 1.33. The molecular weight excluding hydrogens is 404 g/mol. The molecule has 0 radical (unpaired) electrons. The van der Waals surface area contributed by atoms with Crippen molar-refractivity contribution in [2.24, 2.45) is 5.92 Å². The van der Waals surface area contributed by atoms with Gasteiger partial charge in [0, 0.05) is 29.9 Å². The number of anilines is 1. The summed E-state index contributed by atoms with van der Waals surface area (Å²) in [5, 5.41) is 9.08. The van der Waals surface area contributed by atoms with Gasteiger partial charge >= 0.3 is 0 Å². The number of carbonyl (C=O) groups is 2. The molecule has 0 aliphatic carbocycles. The lowest BCUT2D eigenvalue weighted by Gasteiger charge is -2.38. The van der Waals surface area contributed by atoms with Gasteiger partial charge in [0.05, 0.1) is 12.2 Å². The van der Waals surface area contributed by atoms with E-state index in [2.05, 4.69) is 16.0 Å². The van der Waals surface area contributed by atoms with E-state index < -0.39 is 10.0 Å². The van der Waals surface area contributed by atoms with Gasteiger partial charge in [0.15, 0.2) is 0 Å². The van der Waals surface area contributed by atoms with Crippen LogP contribution in [0.15, 0.2) is 18.2 Å². The highest BCUT2D eigenvalue weighted by Crippen LogP contribution is 2.26. The predicted molar refractivity (Wildman–Crippen MR) is 115 cm³/mol. The normalized spacial score (nSPS) is 25.6. The molecule has 30 heavy (non-hydrogen) atoms. The molecule has 0 spiro atoms. The third kappa shape index (κ3) is 4.68.